The SMILES string of the molecule is CCC(Br)C(=O)Nc1ccc(OC(F)F)cc1. The molecule has 1 aromatic carbocycles. The standard InChI is InChI=1S/C11H12BrF2NO2/c1-2-9(12)10(16)15-7-3-5-8(6-4-7)17-11(13)14/h3-6,9,11H,2H2,1H3,(H,15,16). The van der Waals surface area contributed by atoms with E-state index >= 15 is 0 Å². The Bertz CT molecular complexity index is 370. The molecule has 0 radical (unpaired) electrons. The fraction of sp³-hybridized carbons (Fsp3) is 0.364. The zero-order chi connectivity index (χ0) is 12.8. The second-order valence-corrected chi connectivity index (χ2v) is 4.37. The smallest absolute Gasteiger partial charge is 0.387 e. The zero-order valence-corrected chi connectivity index (χ0v) is 10.7. The highest BCUT2D eigenvalue weighted by Gasteiger charge is 2.12. The van der Waals surface area contributed by atoms with E-state index in [4.69, 9.17) is 0 Å². The van der Waals surface area contributed by atoms with E-state index in [1.54, 1.807) is 0 Å². The maximum absolute atomic E-state index is 11.9. The van der Waals surface area contributed by atoms with E-state index < -0.39 is 6.61 Å². The average molecular weight is 308 g/mol. The molecule has 0 fully saturated rings. The topological polar surface area (TPSA) is 38.3 Å². The summed E-state index contributed by atoms with van der Waals surface area (Å²) in [5.41, 5.74) is 0.537. The van der Waals surface area contributed by atoms with E-state index in [0.29, 0.717) is 12.1 Å². The van der Waals surface area contributed by atoms with Crippen molar-refractivity contribution < 1.29 is 18.3 Å². The molecule has 0 saturated heterocycles. The van der Waals surface area contributed by atoms with Crippen molar-refractivity contribution in [1.29, 1.82) is 0 Å². The Balaban J connectivity index is 2.59. The molecular formula is C11H12BrF2NO2. The van der Waals surface area contributed by atoms with E-state index in [9.17, 15) is 13.6 Å². The van der Waals surface area contributed by atoms with E-state index in [2.05, 4.69) is 26.0 Å². The molecule has 17 heavy (non-hydrogen) atoms. The summed E-state index contributed by atoms with van der Waals surface area (Å²) >= 11 is 3.21. The molecule has 94 valence electrons. The maximum Gasteiger partial charge on any atom is 0.387 e. The van der Waals surface area contributed by atoms with Crippen LogP contribution in [0, 0.1) is 0 Å². The molecule has 0 aliphatic rings. The molecule has 0 aliphatic heterocycles. The normalized spacial score (nSPS) is 12.3. The van der Waals surface area contributed by atoms with Gasteiger partial charge in [0.25, 0.3) is 0 Å². The summed E-state index contributed by atoms with van der Waals surface area (Å²) in [6.45, 7) is -0.971. The van der Waals surface area contributed by atoms with Crippen LogP contribution in [0.2, 0.25) is 0 Å². The van der Waals surface area contributed by atoms with E-state index in [-0.39, 0.29) is 16.5 Å². The van der Waals surface area contributed by atoms with Crippen LogP contribution in [0.1, 0.15) is 13.3 Å². The quantitative estimate of drug-likeness (QED) is 0.847. The molecule has 1 amide bonds. The van der Waals surface area contributed by atoms with Crippen LogP contribution in [0.25, 0.3) is 0 Å². The van der Waals surface area contributed by atoms with Gasteiger partial charge in [-0.1, -0.05) is 22.9 Å². The number of anilines is 1. The highest BCUT2D eigenvalue weighted by atomic mass is 79.9. The van der Waals surface area contributed by atoms with Gasteiger partial charge in [-0.05, 0) is 30.7 Å². The number of rotatable bonds is 5. The van der Waals surface area contributed by atoms with Crippen molar-refractivity contribution in [1.82, 2.24) is 0 Å². The van der Waals surface area contributed by atoms with Crippen LogP contribution in [-0.4, -0.2) is 17.3 Å². The monoisotopic (exact) mass is 307 g/mol. The first-order valence-electron chi connectivity index (χ1n) is 5.02. The second kappa shape index (κ2) is 6.54. The first-order chi connectivity index (χ1) is 8.02. The van der Waals surface area contributed by atoms with Crippen LogP contribution in [0.15, 0.2) is 24.3 Å². The molecule has 1 N–H and O–H groups in total. The third kappa shape index (κ3) is 4.68. The first kappa shape index (κ1) is 13.9. The molecule has 1 aromatic rings. The minimum atomic E-state index is -2.84. The Hall–Kier alpha value is -1.17. The van der Waals surface area contributed by atoms with E-state index in [1.165, 1.54) is 24.3 Å². The lowest BCUT2D eigenvalue weighted by molar-refractivity contribution is -0.115. The largest absolute Gasteiger partial charge is 0.435 e. The van der Waals surface area contributed by atoms with Gasteiger partial charge in [0.05, 0.1) is 4.83 Å². The second-order valence-electron chi connectivity index (χ2n) is 3.27. The lowest BCUT2D eigenvalue weighted by atomic mass is 10.2. The van der Waals surface area contributed by atoms with Gasteiger partial charge < -0.3 is 10.1 Å². The van der Waals surface area contributed by atoms with Crippen molar-refractivity contribution in [3.63, 3.8) is 0 Å². The van der Waals surface area contributed by atoms with Gasteiger partial charge >= 0.3 is 6.61 Å². The molecule has 6 heteroatoms. The molecule has 0 spiro atoms. The Morgan fingerprint density at radius 2 is 2.00 bits per heavy atom. The number of nitrogens with one attached hydrogen (secondary N) is 1. The highest BCUT2D eigenvalue weighted by Crippen LogP contribution is 2.18. The summed E-state index contributed by atoms with van der Waals surface area (Å²) < 4.78 is 28.0. The van der Waals surface area contributed by atoms with Crippen molar-refractivity contribution in [3.05, 3.63) is 24.3 Å². The predicted molar refractivity (Wildman–Crippen MR) is 64.7 cm³/mol. The highest BCUT2D eigenvalue weighted by molar-refractivity contribution is 9.10. The molecule has 1 unspecified atom stereocenters. The molecule has 0 aromatic heterocycles. The lowest BCUT2D eigenvalue weighted by Crippen LogP contribution is -2.21. The Labute approximate surface area is 106 Å². The van der Waals surface area contributed by atoms with Crippen LogP contribution < -0.4 is 10.1 Å². The third-order valence-corrected chi connectivity index (χ3v) is 3.05. The molecule has 0 heterocycles. The molecule has 0 saturated carbocycles. The van der Waals surface area contributed by atoms with Crippen LogP contribution in [0.5, 0.6) is 5.75 Å². The van der Waals surface area contributed by atoms with Crippen molar-refractivity contribution in [2.24, 2.45) is 0 Å². The molecule has 0 bridgehead atoms. The fourth-order valence-electron chi connectivity index (χ4n) is 1.13. The van der Waals surface area contributed by atoms with Crippen molar-refractivity contribution >= 4 is 27.5 Å². The van der Waals surface area contributed by atoms with Gasteiger partial charge in [-0.25, -0.2) is 0 Å². The van der Waals surface area contributed by atoms with Gasteiger partial charge in [-0.3, -0.25) is 4.79 Å². The third-order valence-electron chi connectivity index (χ3n) is 1.99. The number of halogens is 3. The van der Waals surface area contributed by atoms with E-state index in [1.807, 2.05) is 6.92 Å². The van der Waals surface area contributed by atoms with Crippen molar-refractivity contribution in [2.75, 3.05) is 5.32 Å². The van der Waals surface area contributed by atoms with Gasteiger partial charge in [0.15, 0.2) is 0 Å². The molecule has 1 rings (SSSR count). The Morgan fingerprint density at radius 3 is 2.47 bits per heavy atom. The summed E-state index contributed by atoms with van der Waals surface area (Å²) in [4.78, 5) is 11.2. The van der Waals surface area contributed by atoms with Crippen molar-refractivity contribution in [3.8, 4) is 5.75 Å². The van der Waals surface area contributed by atoms with Gasteiger partial charge in [-0.2, -0.15) is 8.78 Å². The zero-order valence-electron chi connectivity index (χ0n) is 9.12. The number of amides is 1. The molecule has 3 nitrogen and oxygen atoms in total. The summed E-state index contributed by atoms with van der Waals surface area (Å²) in [5.74, 6) is -0.112. The molecular weight excluding hydrogens is 296 g/mol. The number of carbonyl (C=O) groups excluding carboxylic acids is 1. The number of carbonyl (C=O) groups is 1. The first-order valence-corrected chi connectivity index (χ1v) is 5.94. The average Bonchev–Trinajstić information content (AvgIpc) is 2.30. The Morgan fingerprint density at radius 1 is 1.41 bits per heavy atom. The number of alkyl halides is 3. The maximum atomic E-state index is 11.9. The van der Waals surface area contributed by atoms with Gasteiger partial charge in [-0.15, -0.1) is 0 Å². The van der Waals surface area contributed by atoms with Gasteiger partial charge in [0.1, 0.15) is 5.75 Å². The summed E-state index contributed by atoms with van der Waals surface area (Å²) in [6.07, 6.45) is 0.665. The predicted octanol–water partition coefficient (Wildman–Crippen LogP) is 3.40. The molecule has 1 atom stereocenters. The van der Waals surface area contributed by atoms with Crippen LogP contribution >= 0.6 is 15.9 Å². The van der Waals surface area contributed by atoms with Gasteiger partial charge in [0.2, 0.25) is 5.91 Å². The minimum absolute atomic E-state index is 0.0592. The summed E-state index contributed by atoms with van der Waals surface area (Å²) in [6, 6.07) is 5.75. The minimum Gasteiger partial charge on any atom is -0.435 e. The lowest BCUT2D eigenvalue weighted by Gasteiger charge is -2.09. The van der Waals surface area contributed by atoms with Crippen LogP contribution in [0.4, 0.5) is 14.5 Å². The van der Waals surface area contributed by atoms with Crippen molar-refractivity contribution in [2.45, 2.75) is 24.8 Å². The summed E-state index contributed by atoms with van der Waals surface area (Å²) in [5, 5.41) is 2.64. The van der Waals surface area contributed by atoms with Gasteiger partial charge in [0, 0.05) is 5.69 Å². The van der Waals surface area contributed by atoms with Crippen LogP contribution in [-0.2, 0) is 4.79 Å². The number of hydrogen-bond acceptors (Lipinski definition) is 2. The Kier molecular flexibility index (Phi) is 5.34. The number of ether oxygens (including phenoxy) is 1. The van der Waals surface area contributed by atoms with Crippen LogP contribution in [0.3, 0.4) is 0 Å². The molecule has 0 aliphatic carbocycles. The number of benzene rings is 1. The fourth-order valence-corrected chi connectivity index (χ4v) is 1.24. The summed E-state index contributed by atoms with van der Waals surface area (Å²) in [7, 11) is 0. The van der Waals surface area contributed by atoms with E-state index in [0.717, 1.165) is 0 Å². The number of hydrogen-bond donors (Lipinski definition) is 1.